The van der Waals surface area contributed by atoms with Crippen LogP contribution >= 0.6 is 0 Å². The van der Waals surface area contributed by atoms with E-state index in [0.29, 0.717) is 45.6 Å². The van der Waals surface area contributed by atoms with Crippen molar-refractivity contribution >= 4 is 17.7 Å². The molecule has 0 aromatic heterocycles. The van der Waals surface area contributed by atoms with Gasteiger partial charge in [0.25, 0.3) is 5.91 Å². The number of amides is 3. The van der Waals surface area contributed by atoms with E-state index in [2.05, 4.69) is 10.2 Å². The predicted molar refractivity (Wildman–Crippen MR) is 102 cm³/mol. The molecule has 2 atom stereocenters. The van der Waals surface area contributed by atoms with Crippen LogP contribution in [-0.2, 0) is 19.1 Å². The quantitative estimate of drug-likeness (QED) is 0.718. The Hall–Kier alpha value is -1.67. The second kappa shape index (κ2) is 8.37. The molecule has 4 fully saturated rings. The Balaban J connectivity index is 1.19. The van der Waals surface area contributed by atoms with Gasteiger partial charge in [0.2, 0.25) is 11.8 Å². The molecule has 0 aliphatic carbocycles. The van der Waals surface area contributed by atoms with Gasteiger partial charge in [0.05, 0.1) is 0 Å². The number of carbonyl (C=O) groups excluding carboxylic acids is 3. The molecule has 3 amide bonds. The Morgan fingerprint density at radius 2 is 1.93 bits per heavy atom. The van der Waals surface area contributed by atoms with Crippen molar-refractivity contribution in [1.82, 2.24) is 20.0 Å². The molecule has 0 aromatic carbocycles. The lowest BCUT2D eigenvalue weighted by Crippen LogP contribution is -2.52. The molecule has 0 saturated carbocycles. The molecule has 0 radical (unpaired) electrons. The SMILES string of the molecule is O=C1CC2(CCCN(C(=O)CCN3CCN(C(=O)C4CCCO4)CC3)C2)CN1. The molecule has 4 saturated heterocycles. The van der Waals surface area contributed by atoms with E-state index in [1.807, 2.05) is 9.80 Å². The first kappa shape index (κ1) is 19.6. The maximum atomic E-state index is 12.7. The normalized spacial score (nSPS) is 31.4. The van der Waals surface area contributed by atoms with Gasteiger partial charge in [0, 0.05) is 77.2 Å². The summed E-state index contributed by atoms with van der Waals surface area (Å²) in [5.74, 6) is 0.438. The summed E-state index contributed by atoms with van der Waals surface area (Å²) in [4.78, 5) is 42.9. The molecule has 1 spiro atoms. The van der Waals surface area contributed by atoms with Gasteiger partial charge in [-0.2, -0.15) is 0 Å². The van der Waals surface area contributed by atoms with Crippen LogP contribution < -0.4 is 5.32 Å². The minimum atomic E-state index is -0.239. The first-order chi connectivity index (χ1) is 13.5. The second-order valence-corrected chi connectivity index (χ2v) is 8.79. The van der Waals surface area contributed by atoms with Crippen molar-refractivity contribution in [1.29, 1.82) is 0 Å². The first-order valence-electron chi connectivity index (χ1n) is 10.7. The minimum absolute atomic E-state index is 0.0424. The van der Waals surface area contributed by atoms with E-state index >= 15 is 0 Å². The van der Waals surface area contributed by atoms with Gasteiger partial charge in [-0.25, -0.2) is 0 Å². The number of rotatable bonds is 4. The second-order valence-electron chi connectivity index (χ2n) is 8.79. The average molecular weight is 393 g/mol. The van der Waals surface area contributed by atoms with Crippen molar-refractivity contribution in [3.8, 4) is 0 Å². The Bertz CT molecular complexity index is 613. The lowest BCUT2D eigenvalue weighted by Gasteiger charge is -2.40. The van der Waals surface area contributed by atoms with E-state index in [0.717, 1.165) is 51.9 Å². The Morgan fingerprint density at radius 1 is 1.11 bits per heavy atom. The van der Waals surface area contributed by atoms with Crippen molar-refractivity contribution in [2.24, 2.45) is 5.41 Å². The summed E-state index contributed by atoms with van der Waals surface area (Å²) in [6.45, 7) is 6.70. The van der Waals surface area contributed by atoms with E-state index in [-0.39, 0.29) is 29.2 Å². The van der Waals surface area contributed by atoms with Crippen LogP contribution in [0.25, 0.3) is 0 Å². The van der Waals surface area contributed by atoms with Crippen LogP contribution in [0, 0.1) is 5.41 Å². The molecule has 1 N–H and O–H groups in total. The summed E-state index contributed by atoms with van der Waals surface area (Å²) < 4.78 is 5.51. The number of nitrogens with zero attached hydrogens (tertiary/aromatic N) is 3. The largest absolute Gasteiger partial charge is 0.368 e. The van der Waals surface area contributed by atoms with Crippen LogP contribution in [0.3, 0.4) is 0 Å². The van der Waals surface area contributed by atoms with Gasteiger partial charge in [-0.3, -0.25) is 19.3 Å². The molecule has 156 valence electrons. The lowest BCUT2D eigenvalue weighted by atomic mass is 9.79. The maximum Gasteiger partial charge on any atom is 0.251 e. The van der Waals surface area contributed by atoms with Gasteiger partial charge < -0.3 is 19.9 Å². The lowest BCUT2D eigenvalue weighted by molar-refractivity contribution is -0.143. The molecular formula is C20H32N4O4. The van der Waals surface area contributed by atoms with Crippen LogP contribution in [0.2, 0.25) is 0 Å². The third kappa shape index (κ3) is 4.33. The highest BCUT2D eigenvalue weighted by Crippen LogP contribution is 2.36. The van der Waals surface area contributed by atoms with Gasteiger partial charge in [-0.05, 0) is 25.7 Å². The number of carbonyl (C=O) groups is 3. The zero-order chi connectivity index (χ0) is 19.6. The molecule has 4 heterocycles. The molecule has 28 heavy (non-hydrogen) atoms. The van der Waals surface area contributed by atoms with Crippen molar-refractivity contribution < 1.29 is 19.1 Å². The van der Waals surface area contributed by atoms with E-state index in [1.165, 1.54) is 0 Å². The molecule has 8 nitrogen and oxygen atoms in total. The number of hydrogen-bond acceptors (Lipinski definition) is 5. The predicted octanol–water partition coefficient (Wildman–Crippen LogP) is -0.172. The summed E-state index contributed by atoms with van der Waals surface area (Å²) in [5.41, 5.74) is -0.0424. The van der Waals surface area contributed by atoms with Gasteiger partial charge >= 0.3 is 0 Å². The number of nitrogens with one attached hydrogen (secondary N) is 1. The maximum absolute atomic E-state index is 12.7. The monoisotopic (exact) mass is 392 g/mol. The molecule has 0 bridgehead atoms. The molecule has 4 rings (SSSR count). The minimum Gasteiger partial charge on any atom is -0.368 e. The van der Waals surface area contributed by atoms with E-state index in [4.69, 9.17) is 4.74 Å². The van der Waals surface area contributed by atoms with E-state index in [1.54, 1.807) is 0 Å². The smallest absolute Gasteiger partial charge is 0.251 e. The number of likely N-dealkylation sites (tertiary alicyclic amines) is 1. The highest BCUT2D eigenvalue weighted by Gasteiger charge is 2.42. The molecule has 8 heteroatoms. The zero-order valence-electron chi connectivity index (χ0n) is 16.7. The van der Waals surface area contributed by atoms with Crippen LogP contribution in [0.5, 0.6) is 0 Å². The standard InChI is InChI=1S/C20H32N4O4/c25-17-13-20(14-21-17)5-2-6-24(15-20)18(26)4-7-22-8-10-23(11-9-22)19(27)16-3-1-12-28-16/h16H,1-15H2,(H,21,25). The third-order valence-corrected chi connectivity index (χ3v) is 6.74. The van der Waals surface area contributed by atoms with Crippen LogP contribution in [0.15, 0.2) is 0 Å². The fraction of sp³-hybridized carbons (Fsp3) is 0.850. The topological polar surface area (TPSA) is 82.2 Å². The van der Waals surface area contributed by atoms with Crippen molar-refractivity contribution in [3.63, 3.8) is 0 Å². The van der Waals surface area contributed by atoms with Crippen molar-refractivity contribution in [2.75, 3.05) is 59.0 Å². The number of piperazine rings is 1. The summed E-state index contributed by atoms with van der Waals surface area (Å²) in [7, 11) is 0. The summed E-state index contributed by atoms with van der Waals surface area (Å²) in [6.07, 6.45) is 4.64. The van der Waals surface area contributed by atoms with Crippen LogP contribution in [-0.4, -0.2) is 97.5 Å². The number of hydrogen-bond donors (Lipinski definition) is 1. The molecule has 2 unspecified atom stereocenters. The Kier molecular flexibility index (Phi) is 5.87. The van der Waals surface area contributed by atoms with Gasteiger partial charge in [0.15, 0.2) is 0 Å². The van der Waals surface area contributed by atoms with Gasteiger partial charge in [0.1, 0.15) is 6.10 Å². The third-order valence-electron chi connectivity index (χ3n) is 6.74. The Morgan fingerprint density at radius 3 is 2.61 bits per heavy atom. The van der Waals surface area contributed by atoms with E-state index < -0.39 is 0 Å². The zero-order valence-corrected chi connectivity index (χ0v) is 16.7. The fourth-order valence-electron chi connectivity index (χ4n) is 5.04. The first-order valence-corrected chi connectivity index (χ1v) is 10.7. The Labute approximate surface area is 166 Å². The van der Waals surface area contributed by atoms with Crippen LogP contribution in [0.1, 0.15) is 38.5 Å². The number of piperidine rings is 1. The summed E-state index contributed by atoms with van der Waals surface area (Å²) >= 11 is 0. The van der Waals surface area contributed by atoms with Crippen LogP contribution in [0.4, 0.5) is 0 Å². The highest BCUT2D eigenvalue weighted by atomic mass is 16.5. The fourth-order valence-corrected chi connectivity index (χ4v) is 5.04. The average Bonchev–Trinajstić information content (AvgIpc) is 3.36. The number of ether oxygens (including phenoxy) is 1. The van der Waals surface area contributed by atoms with Crippen molar-refractivity contribution in [3.05, 3.63) is 0 Å². The molecule has 0 aromatic rings. The van der Waals surface area contributed by atoms with Gasteiger partial charge in [-0.15, -0.1) is 0 Å². The van der Waals surface area contributed by atoms with Gasteiger partial charge in [-0.1, -0.05) is 0 Å². The van der Waals surface area contributed by atoms with Crippen molar-refractivity contribution in [2.45, 2.75) is 44.6 Å². The molecule has 4 aliphatic rings. The summed E-state index contributed by atoms with van der Waals surface area (Å²) in [6, 6.07) is 0. The molecular weight excluding hydrogens is 360 g/mol. The summed E-state index contributed by atoms with van der Waals surface area (Å²) in [5, 5.41) is 2.93. The highest BCUT2D eigenvalue weighted by molar-refractivity contribution is 5.81. The molecule has 4 aliphatic heterocycles. The van der Waals surface area contributed by atoms with E-state index in [9.17, 15) is 14.4 Å².